The third-order valence-corrected chi connectivity index (χ3v) is 5.40. The lowest BCUT2D eigenvalue weighted by Gasteiger charge is -2.11. The number of benzene rings is 2. The summed E-state index contributed by atoms with van der Waals surface area (Å²) in [4.78, 5) is 12.6. The molecule has 158 valence electrons. The van der Waals surface area contributed by atoms with Crippen molar-refractivity contribution in [3.63, 3.8) is 0 Å². The molecular weight excluding hydrogens is 412 g/mol. The van der Waals surface area contributed by atoms with Crippen LogP contribution in [-0.4, -0.2) is 33.0 Å². The summed E-state index contributed by atoms with van der Waals surface area (Å²) in [5.74, 6) is 2.20. The molecule has 8 heteroatoms. The Hall–Kier alpha value is -3.52. The molecule has 0 atom stereocenters. The number of nitrogens with zero attached hydrogens (tertiary/aromatic N) is 3. The summed E-state index contributed by atoms with van der Waals surface area (Å²) in [6.45, 7) is 2.91. The number of aromatic nitrogens is 3. The first-order valence-electron chi connectivity index (χ1n) is 9.90. The molecule has 0 spiro atoms. The minimum Gasteiger partial charge on any atom is -0.492 e. The van der Waals surface area contributed by atoms with E-state index in [1.54, 1.807) is 6.26 Å². The number of hydrogen-bond acceptors (Lipinski definition) is 6. The number of ether oxygens (including phenoxy) is 1. The van der Waals surface area contributed by atoms with Crippen LogP contribution in [0.15, 0.2) is 82.6 Å². The highest BCUT2D eigenvalue weighted by Gasteiger charge is 2.17. The number of nitrogens with one attached hydrogen (secondary N) is 1. The van der Waals surface area contributed by atoms with Gasteiger partial charge in [0.25, 0.3) is 0 Å². The fourth-order valence-electron chi connectivity index (χ4n) is 3.06. The topological polar surface area (TPSA) is 82.2 Å². The van der Waals surface area contributed by atoms with Crippen LogP contribution in [0.25, 0.3) is 11.4 Å². The van der Waals surface area contributed by atoms with Gasteiger partial charge in [0.15, 0.2) is 11.0 Å². The van der Waals surface area contributed by atoms with Crippen LogP contribution in [0.3, 0.4) is 0 Å². The Morgan fingerprint density at radius 3 is 2.65 bits per heavy atom. The molecule has 0 saturated heterocycles. The van der Waals surface area contributed by atoms with Crippen molar-refractivity contribution in [1.29, 1.82) is 0 Å². The van der Waals surface area contributed by atoms with Crippen LogP contribution in [0.4, 0.5) is 5.69 Å². The summed E-state index contributed by atoms with van der Waals surface area (Å²) in [6, 6.07) is 21.0. The SMILES string of the molecule is CCOc1ccccc1NC(=O)CSc1nnc(-c2ccccc2)n1Cc1ccco1. The average molecular weight is 435 g/mol. The maximum atomic E-state index is 12.6. The first-order valence-corrected chi connectivity index (χ1v) is 10.9. The Morgan fingerprint density at radius 1 is 1.06 bits per heavy atom. The number of furan rings is 1. The number of carbonyl (C=O) groups excluding carboxylic acids is 1. The predicted molar refractivity (Wildman–Crippen MR) is 120 cm³/mol. The monoisotopic (exact) mass is 434 g/mol. The van der Waals surface area contributed by atoms with E-state index < -0.39 is 0 Å². The van der Waals surface area contributed by atoms with Crippen LogP contribution in [0, 0.1) is 0 Å². The highest BCUT2D eigenvalue weighted by molar-refractivity contribution is 7.99. The number of rotatable bonds is 9. The van der Waals surface area contributed by atoms with Gasteiger partial charge in [0, 0.05) is 5.56 Å². The van der Waals surface area contributed by atoms with Gasteiger partial charge in [-0.3, -0.25) is 9.36 Å². The number of hydrogen-bond donors (Lipinski definition) is 1. The second-order valence-electron chi connectivity index (χ2n) is 6.60. The van der Waals surface area contributed by atoms with Crippen LogP contribution in [0.5, 0.6) is 5.75 Å². The summed E-state index contributed by atoms with van der Waals surface area (Å²) in [6.07, 6.45) is 1.64. The molecule has 2 heterocycles. The number of carbonyl (C=O) groups is 1. The Balaban J connectivity index is 1.50. The molecule has 0 aliphatic heterocycles. The van der Waals surface area contributed by atoms with Gasteiger partial charge < -0.3 is 14.5 Å². The zero-order chi connectivity index (χ0) is 21.5. The number of amides is 1. The third kappa shape index (κ3) is 5.16. The van der Waals surface area contributed by atoms with E-state index in [-0.39, 0.29) is 11.7 Å². The lowest BCUT2D eigenvalue weighted by Crippen LogP contribution is -2.15. The van der Waals surface area contributed by atoms with Crippen molar-refractivity contribution in [1.82, 2.24) is 14.8 Å². The summed E-state index contributed by atoms with van der Waals surface area (Å²) in [7, 11) is 0. The molecule has 4 aromatic rings. The molecule has 7 nitrogen and oxygen atoms in total. The van der Waals surface area contributed by atoms with Gasteiger partial charge in [0.05, 0.1) is 30.9 Å². The zero-order valence-corrected chi connectivity index (χ0v) is 17.8. The molecule has 0 aliphatic rings. The van der Waals surface area contributed by atoms with Gasteiger partial charge in [-0.15, -0.1) is 10.2 Å². The van der Waals surface area contributed by atoms with Crippen molar-refractivity contribution in [2.24, 2.45) is 0 Å². The first kappa shape index (κ1) is 20.7. The predicted octanol–water partition coefficient (Wildman–Crippen LogP) is 4.72. The molecule has 0 saturated carbocycles. The van der Waals surface area contributed by atoms with Gasteiger partial charge in [0.1, 0.15) is 11.5 Å². The van der Waals surface area contributed by atoms with E-state index in [0.717, 1.165) is 17.1 Å². The number of thioether (sulfide) groups is 1. The molecule has 1 N–H and O–H groups in total. The van der Waals surface area contributed by atoms with E-state index in [9.17, 15) is 4.79 Å². The Labute approximate surface area is 184 Å². The van der Waals surface area contributed by atoms with Crippen molar-refractivity contribution in [3.8, 4) is 17.1 Å². The van der Waals surface area contributed by atoms with Crippen LogP contribution >= 0.6 is 11.8 Å². The lowest BCUT2D eigenvalue weighted by molar-refractivity contribution is -0.113. The number of para-hydroxylation sites is 2. The van der Waals surface area contributed by atoms with Crippen molar-refractivity contribution in [2.75, 3.05) is 17.7 Å². The van der Waals surface area contributed by atoms with Crippen molar-refractivity contribution in [2.45, 2.75) is 18.6 Å². The van der Waals surface area contributed by atoms with E-state index in [1.165, 1.54) is 11.8 Å². The van der Waals surface area contributed by atoms with Crippen molar-refractivity contribution >= 4 is 23.4 Å². The Kier molecular flexibility index (Phi) is 6.68. The Bertz CT molecular complexity index is 1130. The van der Waals surface area contributed by atoms with Gasteiger partial charge in [-0.1, -0.05) is 54.2 Å². The van der Waals surface area contributed by atoms with E-state index in [2.05, 4.69) is 15.5 Å². The summed E-state index contributed by atoms with van der Waals surface area (Å²) in [5.41, 5.74) is 1.60. The van der Waals surface area contributed by atoms with E-state index in [0.29, 0.717) is 29.7 Å². The molecule has 4 rings (SSSR count). The molecule has 0 bridgehead atoms. The van der Waals surface area contributed by atoms with Crippen LogP contribution in [0.1, 0.15) is 12.7 Å². The number of anilines is 1. The van der Waals surface area contributed by atoms with E-state index >= 15 is 0 Å². The molecule has 0 aliphatic carbocycles. The highest BCUT2D eigenvalue weighted by Crippen LogP contribution is 2.27. The molecule has 0 fully saturated rings. The zero-order valence-electron chi connectivity index (χ0n) is 17.0. The van der Waals surface area contributed by atoms with Crippen LogP contribution in [-0.2, 0) is 11.3 Å². The summed E-state index contributed by atoms with van der Waals surface area (Å²) >= 11 is 1.33. The standard InChI is InChI=1S/C23H22N4O3S/c1-2-29-20-13-7-6-12-19(20)24-21(28)16-31-23-26-25-22(17-9-4-3-5-10-17)27(23)15-18-11-8-14-30-18/h3-14H,2,15-16H2,1H3,(H,24,28). The maximum absolute atomic E-state index is 12.6. The normalized spacial score (nSPS) is 10.7. The molecule has 1 amide bonds. The van der Waals surface area contributed by atoms with E-state index in [4.69, 9.17) is 9.15 Å². The van der Waals surface area contributed by atoms with Gasteiger partial charge in [0.2, 0.25) is 5.91 Å². The fourth-order valence-corrected chi connectivity index (χ4v) is 3.80. The minimum absolute atomic E-state index is 0.147. The summed E-state index contributed by atoms with van der Waals surface area (Å²) in [5, 5.41) is 12.2. The first-order chi connectivity index (χ1) is 15.2. The smallest absolute Gasteiger partial charge is 0.234 e. The van der Waals surface area contributed by atoms with Gasteiger partial charge >= 0.3 is 0 Å². The quantitative estimate of drug-likeness (QED) is 0.384. The molecule has 2 aromatic carbocycles. The molecule has 31 heavy (non-hydrogen) atoms. The van der Waals surface area contributed by atoms with Gasteiger partial charge in [-0.05, 0) is 31.2 Å². The maximum Gasteiger partial charge on any atom is 0.234 e. The Morgan fingerprint density at radius 2 is 1.87 bits per heavy atom. The lowest BCUT2D eigenvalue weighted by atomic mass is 10.2. The van der Waals surface area contributed by atoms with Crippen molar-refractivity contribution in [3.05, 3.63) is 78.8 Å². The average Bonchev–Trinajstić information content (AvgIpc) is 3.45. The molecular formula is C23H22N4O3S. The third-order valence-electron chi connectivity index (χ3n) is 4.44. The van der Waals surface area contributed by atoms with Crippen LogP contribution in [0.2, 0.25) is 0 Å². The van der Waals surface area contributed by atoms with Gasteiger partial charge in [-0.2, -0.15) is 0 Å². The molecule has 0 unspecified atom stereocenters. The molecule has 2 aromatic heterocycles. The van der Waals surface area contributed by atoms with Crippen LogP contribution < -0.4 is 10.1 Å². The largest absolute Gasteiger partial charge is 0.492 e. The van der Waals surface area contributed by atoms with Gasteiger partial charge in [-0.25, -0.2) is 0 Å². The fraction of sp³-hybridized carbons (Fsp3) is 0.174. The minimum atomic E-state index is -0.147. The second-order valence-corrected chi connectivity index (χ2v) is 7.55. The van der Waals surface area contributed by atoms with E-state index in [1.807, 2.05) is 78.2 Å². The second kappa shape index (κ2) is 9.99. The highest BCUT2D eigenvalue weighted by atomic mass is 32.2. The van der Waals surface area contributed by atoms with Crippen molar-refractivity contribution < 1.29 is 13.9 Å². The molecule has 0 radical (unpaired) electrons. The summed E-state index contributed by atoms with van der Waals surface area (Å²) < 4.78 is 13.0.